The molecule has 1 aromatic heterocycles. The Kier molecular flexibility index (Phi) is 4.56. The molecule has 3 rings (SSSR count). The van der Waals surface area contributed by atoms with Gasteiger partial charge < -0.3 is 0 Å². The molecule has 3 heteroatoms. The maximum absolute atomic E-state index is 4.51. The highest BCUT2D eigenvalue weighted by molar-refractivity contribution is 7.15. The molecular weight excluding hydrogens is 288 g/mol. The van der Waals surface area contributed by atoms with Crippen molar-refractivity contribution >= 4 is 35.1 Å². The highest BCUT2D eigenvalue weighted by Crippen LogP contribution is 2.21. The van der Waals surface area contributed by atoms with Crippen LogP contribution in [0.1, 0.15) is 15.3 Å². The summed E-state index contributed by atoms with van der Waals surface area (Å²) >= 11 is 1.70. The number of hydrogen-bond acceptors (Lipinski definition) is 3. The zero-order valence-electron chi connectivity index (χ0n) is 12.3. The highest BCUT2D eigenvalue weighted by Gasteiger charge is 2.01. The van der Waals surface area contributed by atoms with Crippen molar-refractivity contribution in [2.45, 2.75) is 6.92 Å². The van der Waals surface area contributed by atoms with E-state index < -0.39 is 0 Å². The number of rotatable bonds is 4. The van der Waals surface area contributed by atoms with Crippen molar-refractivity contribution in [3.05, 3.63) is 82.0 Å². The first-order valence-corrected chi connectivity index (χ1v) is 7.91. The third kappa shape index (κ3) is 3.77. The summed E-state index contributed by atoms with van der Waals surface area (Å²) < 4.78 is 0. The van der Waals surface area contributed by atoms with Gasteiger partial charge in [0.05, 0.1) is 11.4 Å². The Morgan fingerprint density at radius 3 is 1.91 bits per heavy atom. The first-order chi connectivity index (χ1) is 10.8. The van der Waals surface area contributed by atoms with Gasteiger partial charge in [-0.2, -0.15) is 0 Å². The summed E-state index contributed by atoms with van der Waals surface area (Å²) in [5.74, 6) is 0. The van der Waals surface area contributed by atoms with E-state index in [-0.39, 0.29) is 0 Å². The molecule has 0 aliphatic heterocycles. The number of benzene rings is 2. The molecule has 3 aromatic rings. The van der Waals surface area contributed by atoms with Crippen LogP contribution in [0.3, 0.4) is 0 Å². The van der Waals surface area contributed by atoms with Crippen LogP contribution in [0.5, 0.6) is 0 Å². The van der Waals surface area contributed by atoms with Gasteiger partial charge in [0, 0.05) is 22.2 Å². The fourth-order valence-corrected chi connectivity index (χ4v) is 2.93. The first kappa shape index (κ1) is 14.4. The van der Waals surface area contributed by atoms with Crippen molar-refractivity contribution < 1.29 is 0 Å². The number of aryl methyl sites for hydroxylation is 1. The predicted octanol–water partition coefficient (Wildman–Crippen LogP) is 5.56. The van der Waals surface area contributed by atoms with Crippen LogP contribution in [0, 0.1) is 6.92 Å². The zero-order valence-corrected chi connectivity index (χ0v) is 13.1. The van der Waals surface area contributed by atoms with E-state index in [2.05, 4.69) is 23.0 Å². The molecule has 22 heavy (non-hydrogen) atoms. The lowest BCUT2D eigenvalue weighted by Crippen LogP contribution is -1.76. The van der Waals surface area contributed by atoms with Crippen molar-refractivity contribution in [2.24, 2.45) is 9.98 Å². The molecule has 0 fully saturated rings. The van der Waals surface area contributed by atoms with Gasteiger partial charge in [-0.25, -0.2) is 0 Å². The Hall–Kier alpha value is -2.52. The van der Waals surface area contributed by atoms with Crippen LogP contribution >= 0.6 is 11.3 Å². The molecule has 0 spiro atoms. The molecule has 0 saturated heterocycles. The Labute approximate surface area is 134 Å². The molecular formula is C19H16N2S. The van der Waals surface area contributed by atoms with Gasteiger partial charge in [-0.15, -0.1) is 11.3 Å². The number of para-hydroxylation sites is 2. The smallest absolute Gasteiger partial charge is 0.0630 e. The zero-order chi connectivity index (χ0) is 15.2. The Morgan fingerprint density at radius 2 is 1.32 bits per heavy atom. The van der Waals surface area contributed by atoms with Gasteiger partial charge in [0.25, 0.3) is 0 Å². The maximum Gasteiger partial charge on any atom is 0.0630 e. The second-order valence-corrected chi connectivity index (χ2v) is 6.00. The van der Waals surface area contributed by atoms with Gasteiger partial charge in [-0.3, -0.25) is 9.98 Å². The van der Waals surface area contributed by atoms with E-state index in [0.717, 1.165) is 16.3 Å². The Morgan fingerprint density at radius 1 is 0.773 bits per heavy atom. The van der Waals surface area contributed by atoms with Crippen LogP contribution in [0.4, 0.5) is 11.4 Å². The quantitative estimate of drug-likeness (QED) is 0.564. The number of nitrogens with zero attached hydrogens (tertiary/aromatic N) is 2. The van der Waals surface area contributed by atoms with E-state index in [1.165, 1.54) is 10.4 Å². The SMILES string of the molecule is Cc1cc(C=Nc2ccccc2)sc1C=Nc1ccccc1. The molecule has 108 valence electrons. The second-order valence-electron chi connectivity index (χ2n) is 4.88. The minimum absolute atomic E-state index is 0.966. The summed E-state index contributed by atoms with van der Waals surface area (Å²) in [4.78, 5) is 11.3. The Balaban J connectivity index is 1.76. The standard InChI is InChI=1S/C19H16N2S/c1-15-12-18(13-20-16-8-4-2-5-9-16)22-19(15)14-21-17-10-6-3-7-11-17/h2-14H,1H3. The monoisotopic (exact) mass is 304 g/mol. The van der Waals surface area contributed by atoms with E-state index in [9.17, 15) is 0 Å². The van der Waals surface area contributed by atoms with E-state index in [0.29, 0.717) is 0 Å². The molecule has 0 N–H and O–H groups in total. The second kappa shape index (κ2) is 6.96. The van der Waals surface area contributed by atoms with Crippen molar-refractivity contribution in [3.8, 4) is 0 Å². The molecule has 2 nitrogen and oxygen atoms in total. The van der Waals surface area contributed by atoms with Crippen LogP contribution < -0.4 is 0 Å². The largest absolute Gasteiger partial charge is 0.255 e. The molecule has 0 radical (unpaired) electrons. The van der Waals surface area contributed by atoms with Crippen LogP contribution in [0.15, 0.2) is 76.7 Å². The molecule has 2 aromatic carbocycles. The fourth-order valence-electron chi connectivity index (χ4n) is 2.01. The van der Waals surface area contributed by atoms with Crippen molar-refractivity contribution in [1.29, 1.82) is 0 Å². The molecule has 0 aliphatic rings. The van der Waals surface area contributed by atoms with E-state index >= 15 is 0 Å². The summed E-state index contributed by atoms with van der Waals surface area (Å²) in [5.41, 5.74) is 3.15. The molecule has 0 saturated carbocycles. The van der Waals surface area contributed by atoms with Gasteiger partial charge in [-0.05, 0) is 42.8 Å². The first-order valence-electron chi connectivity index (χ1n) is 7.10. The van der Waals surface area contributed by atoms with Crippen molar-refractivity contribution in [1.82, 2.24) is 0 Å². The molecule has 0 atom stereocenters. The van der Waals surface area contributed by atoms with Crippen LogP contribution in [0.25, 0.3) is 0 Å². The predicted molar refractivity (Wildman–Crippen MR) is 96.4 cm³/mol. The van der Waals surface area contributed by atoms with Crippen molar-refractivity contribution in [3.63, 3.8) is 0 Å². The third-order valence-corrected chi connectivity index (χ3v) is 4.27. The van der Waals surface area contributed by atoms with Crippen LogP contribution in [0.2, 0.25) is 0 Å². The van der Waals surface area contributed by atoms with Gasteiger partial charge >= 0.3 is 0 Å². The molecule has 0 amide bonds. The lowest BCUT2D eigenvalue weighted by molar-refractivity contribution is 1.50. The minimum Gasteiger partial charge on any atom is -0.255 e. The number of aliphatic imine (C=N–C) groups is 2. The van der Waals surface area contributed by atoms with Crippen LogP contribution in [-0.4, -0.2) is 12.4 Å². The van der Waals surface area contributed by atoms with Gasteiger partial charge in [0.2, 0.25) is 0 Å². The summed E-state index contributed by atoms with van der Waals surface area (Å²) in [6.07, 6.45) is 3.84. The molecule has 1 heterocycles. The van der Waals surface area contributed by atoms with Crippen LogP contribution in [-0.2, 0) is 0 Å². The maximum atomic E-state index is 4.51. The van der Waals surface area contributed by atoms with E-state index in [4.69, 9.17) is 0 Å². The summed E-state index contributed by atoms with van der Waals surface area (Å²) in [5, 5.41) is 0. The van der Waals surface area contributed by atoms with Gasteiger partial charge in [0.1, 0.15) is 0 Å². The normalized spacial score (nSPS) is 11.5. The van der Waals surface area contributed by atoms with Gasteiger partial charge in [0.15, 0.2) is 0 Å². The summed E-state index contributed by atoms with van der Waals surface area (Å²) in [6.45, 7) is 2.10. The molecule has 0 bridgehead atoms. The summed E-state index contributed by atoms with van der Waals surface area (Å²) in [6, 6.07) is 22.1. The minimum atomic E-state index is 0.966. The highest BCUT2D eigenvalue weighted by atomic mass is 32.1. The topological polar surface area (TPSA) is 24.7 Å². The van der Waals surface area contributed by atoms with Crippen molar-refractivity contribution in [2.75, 3.05) is 0 Å². The van der Waals surface area contributed by atoms with E-state index in [1.807, 2.05) is 73.1 Å². The molecule has 0 aliphatic carbocycles. The van der Waals surface area contributed by atoms with E-state index in [1.54, 1.807) is 11.3 Å². The number of hydrogen-bond donors (Lipinski definition) is 0. The summed E-state index contributed by atoms with van der Waals surface area (Å²) in [7, 11) is 0. The number of thiophene rings is 1. The lowest BCUT2D eigenvalue weighted by Gasteiger charge is -1.91. The lowest BCUT2D eigenvalue weighted by atomic mass is 10.3. The average molecular weight is 304 g/mol. The average Bonchev–Trinajstić information content (AvgIpc) is 2.93. The van der Waals surface area contributed by atoms with Gasteiger partial charge in [-0.1, -0.05) is 36.4 Å². The molecule has 0 unspecified atom stereocenters. The third-order valence-electron chi connectivity index (χ3n) is 3.16. The fraction of sp³-hybridized carbons (Fsp3) is 0.0526. The Bertz CT molecular complexity index is 787.